The fraction of sp³-hybridized carbons (Fsp3) is 0.0455. The van der Waals surface area contributed by atoms with Gasteiger partial charge in [-0.3, -0.25) is 4.79 Å². The molecule has 154 valence electrons. The molecule has 1 atom stereocenters. The zero-order chi connectivity index (χ0) is 21.6. The molecule has 0 spiro atoms. The number of benzene rings is 3. The molecule has 31 heavy (non-hydrogen) atoms. The van der Waals surface area contributed by atoms with E-state index in [4.69, 9.17) is 4.74 Å². The molecule has 0 unspecified atom stereocenters. The quantitative estimate of drug-likeness (QED) is 0.483. The predicted molar refractivity (Wildman–Crippen MR) is 109 cm³/mol. The highest BCUT2D eigenvalue weighted by atomic mass is 19.1. The zero-order valence-corrected chi connectivity index (χ0v) is 16.1. The third-order valence-corrected chi connectivity index (χ3v) is 4.37. The van der Waals surface area contributed by atoms with Crippen LogP contribution in [-0.4, -0.2) is 32.1 Å². The number of anilines is 1. The molecule has 1 heterocycles. The Labute approximate surface area is 176 Å². The fourth-order valence-corrected chi connectivity index (χ4v) is 2.87. The molecule has 0 bridgehead atoms. The Hall–Kier alpha value is -4.40. The van der Waals surface area contributed by atoms with Crippen LogP contribution in [0, 0.1) is 5.82 Å². The molecule has 1 aromatic heterocycles. The second-order valence-corrected chi connectivity index (χ2v) is 6.50. The first kappa shape index (κ1) is 19.9. The summed E-state index contributed by atoms with van der Waals surface area (Å²) < 4.78 is 20.1. The maximum absolute atomic E-state index is 13.1. The normalized spacial score (nSPS) is 11.5. The first-order chi connectivity index (χ1) is 15.1. The van der Waals surface area contributed by atoms with Crippen LogP contribution in [0.1, 0.15) is 22.0 Å². The number of nitrogens with zero attached hydrogens (tertiary/aromatic N) is 4. The predicted octanol–water partition coefficient (Wildman–Crippen LogP) is 3.34. The zero-order valence-electron chi connectivity index (χ0n) is 16.1. The summed E-state index contributed by atoms with van der Waals surface area (Å²) in [7, 11) is 0. The van der Waals surface area contributed by atoms with Crippen LogP contribution in [0.4, 0.5) is 10.1 Å². The number of carbonyl (C=O) groups excluding carboxylic acids is 2. The van der Waals surface area contributed by atoms with Crippen LogP contribution in [0.15, 0.2) is 85.2 Å². The topological polar surface area (TPSA) is 99.0 Å². The van der Waals surface area contributed by atoms with E-state index in [-0.39, 0.29) is 5.56 Å². The second kappa shape index (κ2) is 8.95. The molecule has 0 radical (unpaired) electrons. The lowest BCUT2D eigenvalue weighted by Gasteiger charge is -2.18. The van der Waals surface area contributed by atoms with Gasteiger partial charge in [-0.05, 0) is 52.9 Å². The standard InChI is InChI=1S/C22H16FN5O3/c23-17-9-11-18(12-10-17)25-21(29)20(15-5-2-1-3-6-15)31-22(30)16-7-4-8-19(13-16)28-14-24-26-27-28/h1-14,20H,(H,25,29)/t20-/m0/s1. The van der Waals surface area contributed by atoms with Gasteiger partial charge in [-0.25, -0.2) is 13.9 Å². The number of aromatic nitrogens is 4. The van der Waals surface area contributed by atoms with Crippen molar-refractivity contribution in [1.82, 2.24) is 20.2 Å². The number of halogens is 1. The average molecular weight is 417 g/mol. The number of hydrogen-bond donors (Lipinski definition) is 1. The summed E-state index contributed by atoms with van der Waals surface area (Å²) in [4.78, 5) is 25.7. The van der Waals surface area contributed by atoms with E-state index >= 15 is 0 Å². The van der Waals surface area contributed by atoms with Crippen molar-refractivity contribution in [2.24, 2.45) is 0 Å². The van der Waals surface area contributed by atoms with Crippen LogP contribution < -0.4 is 5.32 Å². The third kappa shape index (κ3) is 4.78. The maximum Gasteiger partial charge on any atom is 0.339 e. The molecule has 0 fully saturated rings. The molecule has 0 aliphatic carbocycles. The van der Waals surface area contributed by atoms with Crippen molar-refractivity contribution >= 4 is 17.6 Å². The van der Waals surface area contributed by atoms with Crippen molar-refractivity contribution in [1.29, 1.82) is 0 Å². The van der Waals surface area contributed by atoms with Gasteiger partial charge in [-0.15, -0.1) is 5.10 Å². The molecule has 0 aliphatic rings. The van der Waals surface area contributed by atoms with Gasteiger partial charge >= 0.3 is 5.97 Å². The molecule has 1 amide bonds. The summed E-state index contributed by atoms with van der Waals surface area (Å²) in [5, 5.41) is 13.6. The molecule has 9 heteroatoms. The lowest BCUT2D eigenvalue weighted by atomic mass is 10.1. The molecule has 8 nitrogen and oxygen atoms in total. The maximum atomic E-state index is 13.1. The first-order valence-electron chi connectivity index (χ1n) is 9.26. The van der Waals surface area contributed by atoms with Crippen molar-refractivity contribution in [3.8, 4) is 5.69 Å². The van der Waals surface area contributed by atoms with Crippen LogP contribution in [0.5, 0.6) is 0 Å². The summed E-state index contributed by atoms with van der Waals surface area (Å²) >= 11 is 0. The van der Waals surface area contributed by atoms with Crippen molar-refractivity contribution in [2.75, 3.05) is 5.32 Å². The fourth-order valence-electron chi connectivity index (χ4n) is 2.87. The van der Waals surface area contributed by atoms with E-state index in [1.807, 2.05) is 0 Å². The SMILES string of the molecule is O=C(O[C@H](C(=O)Nc1ccc(F)cc1)c1ccccc1)c1cccc(-n2cnnn2)c1. The highest BCUT2D eigenvalue weighted by Crippen LogP contribution is 2.22. The highest BCUT2D eigenvalue weighted by Gasteiger charge is 2.26. The van der Waals surface area contributed by atoms with Gasteiger partial charge in [0.2, 0.25) is 6.10 Å². The number of ether oxygens (including phenoxy) is 1. The Morgan fingerprint density at radius 1 is 0.968 bits per heavy atom. The van der Waals surface area contributed by atoms with E-state index in [1.54, 1.807) is 54.6 Å². The Morgan fingerprint density at radius 3 is 2.45 bits per heavy atom. The van der Waals surface area contributed by atoms with Crippen molar-refractivity contribution in [3.05, 3.63) is 102 Å². The van der Waals surface area contributed by atoms with E-state index in [0.29, 0.717) is 16.9 Å². The number of esters is 1. The van der Waals surface area contributed by atoms with E-state index < -0.39 is 23.8 Å². The first-order valence-corrected chi connectivity index (χ1v) is 9.26. The van der Waals surface area contributed by atoms with E-state index in [1.165, 1.54) is 35.3 Å². The summed E-state index contributed by atoms with van der Waals surface area (Å²) in [6.07, 6.45) is 0.184. The monoisotopic (exact) mass is 417 g/mol. The molecule has 0 saturated heterocycles. The largest absolute Gasteiger partial charge is 0.444 e. The highest BCUT2D eigenvalue weighted by molar-refractivity contribution is 5.98. The van der Waals surface area contributed by atoms with Gasteiger partial charge in [0, 0.05) is 11.3 Å². The van der Waals surface area contributed by atoms with Gasteiger partial charge in [-0.1, -0.05) is 36.4 Å². The van der Waals surface area contributed by atoms with Crippen LogP contribution in [0.3, 0.4) is 0 Å². The summed E-state index contributed by atoms with van der Waals surface area (Å²) in [5.74, 6) is -1.69. The minimum absolute atomic E-state index is 0.225. The molecule has 1 N–H and O–H groups in total. The Morgan fingerprint density at radius 2 is 1.74 bits per heavy atom. The number of nitrogens with one attached hydrogen (secondary N) is 1. The molecule has 4 aromatic rings. The van der Waals surface area contributed by atoms with Crippen LogP contribution in [0.2, 0.25) is 0 Å². The lowest BCUT2D eigenvalue weighted by molar-refractivity contribution is -0.125. The van der Waals surface area contributed by atoms with Gasteiger partial charge in [0.05, 0.1) is 11.3 Å². The molecule has 4 rings (SSSR count). The van der Waals surface area contributed by atoms with Gasteiger partial charge in [-0.2, -0.15) is 0 Å². The smallest absolute Gasteiger partial charge is 0.339 e. The van der Waals surface area contributed by atoms with Gasteiger partial charge in [0.1, 0.15) is 12.1 Å². The van der Waals surface area contributed by atoms with E-state index in [0.717, 1.165) is 0 Å². The minimum atomic E-state index is -1.21. The van der Waals surface area contributed by atoms with Crippen LogP contribution in [0.25, 0.3) is 5.69 Å². The van der Waals surface area contributed by atoms with Crippen molar-refractivity contribution in [3.63, 3.8) is 0 Å². The summed E-state index contributed by atoms with van der Waals surface area (Å²) in [6, 6.07) is 20.4. The van der Waals surface area contributed by atoms with Crippen LogP contribution in [-0.2, 0) is 9.53 Å². The average Bonchev–Trinajstić information content (AvgIpc) is 3.34. The molecule has 0 aliphatic heterocycles. The second-order valence-electron chi connectivity index (χ2n) is 6.50. The Kier molecular flexibility index (Phi) is 5.75. The van der Waals surface area contributed by atoms with Crippen LogP contribution >= 0.6 is 0 Å². The third-order valence-electron chi connectivity index (χ3n) is 4.37. The minimum Gasteiger partial charge on any atom is -0.444 e. The van der Waals surface area contributed by atoms with E-state index in [2.05, 4.69) is 20.8 Å². The van der Waals surface area contributed by atoms with Crippen molar-refractivity contribution < 1.29 is 18.7 Å². The van der Waals surface area contributed by atoms with Gasteiger partial charge < -0.3 is 10.1 Å². The van der Waals surface area contributed by atoms with Gasteiger partial charge in [0.15, 0.2) is 0 Å². The molecule has 3 aromatic carbocycles. The summed E-state index contributed by atoms with van der Waals surface area (Å²) in [5.41, 5.74) is 1.66. The van der Waals surface area contributed by atoms with E-state index in [9.17, 15) is 14.0 Å². The van der Waals surface area contributed by atoms with Gasteiger partial charge in [0.25, 0.3) is 5.91 Å². The number of carbonyl (C=O) groups is 2. The molecular formula is C22H16FN5O3. The molecule has 0 saturated carbocycles. The number of tetrazole rings is 1. The Bertz CT molecular complexity index is 1180. The summed E-state index contributed by atoms with van der Waals surface area (Å²) in [6.45, 7) is 0. The number of rotatable bonds is 6. The van der Waals surface area contributed by atoms with Crippen molar-refractivity contribution in [2.45, 2.75) is 6.10 Å². The number of amides is 1. The number of hydrogen-bond acceptors (Lipinski definition) is 6. The molecular weight excluding hydrogens is 401 g/mol. The lowest BCUT2D eigenvalue weighted by Crippen LogP contribution is -2.26. The Balaban J connectivity index is 1.57.